The van der Waals surface area contributed by atoms with Crippen molar-refractivity contribution in [3.8, 4) is 0 Å². The van der Waals surface area contributed by atoms with Crippen LogP contribution < -0.4 is 11.5 Å². The fraction of sp³-hybridized carbons (Fsp3) is 0.312. The first kappa shape index (κ1) is 15.8. The van der Waals surface area contributed by atoms with E-state index in [1.54, 1.807) is 18.2 Å². The zero-order chi connectivity index (χ0) is 16.3. The van der Waals surface area contributed by atoms with E-state index in [9.17, 15) is 14.4 Å². The lowest BCUT2D eigenvalue weighted by Gasteiger charge is -2.01. The fourth-order valence-electron chi connectivity index (χ4n) is 2.50. The number of ketones is 1. The number of nitrogens with one attached hydrogen (secondary N) is 1. The van der Waals surface area contributed by atoms with Crippen molar-refractivity contribution >= 4 is 28.5 Å². The molecule has 1 heterocycles. The highest BCUT2D eigenvalue weighted by Gasteiger charge is 2.18. The molecule has 0 saturated carbocycles. The molecule has 0 aliphatic carbocycles. The van der Waals surface area contributed by atoms with E-state index >= 15 is 0 Å². The van der Waals surface area contributed by atoms with Crippen LogP contribution in [0.4, 0.5) is 0 Å². The van der Waals surface area contributed by atoms with Crippen molar-refractivity contribution in [2.45, 2.75) is 32.6 Å². The van der Waals surface area contributed by atoms with Gasteiger partial charge >= 0.3 is 0 Å². The molecule has 0 aliphatic heterocycles. The normalized spacial score (nSPS) is 10.8. The smallest absolute Gasteiger partial charge is 0.251 e. The molecule has 2 aromatic rings. The molecule has 0 atom stereocenters. The van der Waals surface area contributed by atoms with Gasteiger partial charge in [0.05, 0.1) is 12.0 Å². The lowest BCUT2D eigenvalue weighted by molar-refractivity contribution is -0.117. The van der Waals surface area contributed by atoms with Gasteiger partial charge in [0.25, 0.3) is 5.91 Å². The van der Waals surface area contributed by atoms with Crippen molar-refractivity contribution in [1.82, 2.24) is 4.98 Å². The highest BCUT2D eigenvalue weighted by atomic mass is 16.1. The average Bonchev–Trinajstić information content (AvgIpc) is 2.80. The summed E-state index contributed by atoms with van der Waals surface area (Å²) in [5.41, 5.74) is 12.4. The van der Waals surface area contributed by atoms with E-state index in [1.165, 1.54) is 0 Å². The Kier molecular flexibility index (Phi) is 4.60. The van der Waals surface area contributed by atoms with Crippen LogP contribution in [0.3, 0.4) is 0 Å². The molecule has 0 unspecified atom stereocenters. The molecule has 0 fully saturated rings. The summed E-state index contributed by atoms with van der Waals surface area (Å²) in [7, 11) is 0. The summed E-state index contributed by atoms with van der Waals surface area (Å²) >= 11 is 0. The number of unbranched alkanes of at least 4 members (excludes halogenated alkanes) is 1. The summed E-state index contributed by atoms with van der Waals surface area (Å²) in [4.78, 5) is 37.8. The quantitative estimate of drug-likeness (QED) is 0.675. The molecule has 0 aliphatic rings. The molecule has 5 N–H and O–H groups in total. The first-order chi connectivity index (χ1) is 10.4. The molecular weight excluding hydrogens is 282 g/mol. The van der Waals surface area contributed by atoms with Crippen LogP contribution in [0.2, 0.25) is 0 Å². The van der Waals surface area contributed by atoms with Gasteiger partial charge in [-0.2, -0.15) is 0 Å². The van der Waals surface area contributed by atoms with E-state index in [0.717, 1.165) is 12.8 Å². The molecule has 0 bridgehead atoms. The molecule has 2 rings (SSSR count). The SMILES string of the molecule is CCCCC(=O)c1ccc2c(C(N)=O)c(CC(N)=O)[nH]c2c1. The van der Waals surface area contributed by atoms with Gasteiger partial charge in [-0.15, -0.1) is 0 Å². The Hall–Kier alpha value is -2.63. The second kappa shape index (κ2) is 6.43. The molecule has 0 saturated heterocycles. The van der Waals surface area contributed by atoms with E-state index in [0.29, 0.717) is 28.6 Å². The first-order valence-electron chi connectivity index (χ1n) is 7.20. The number of H-pyrrole nitrogens is 1. The number of carbonyl (C=O) groups excluding carboxylic acids is 3. The molecule has 6 nitrogen and oxygen atoms in total. The van der Waals surface area contributed by atoms with Crippen LogP contribution >= 0.6 is 0 Å². The van der Waals surface area contributed by atoms with Crippen molar-refractivity contribution in [2.24, 2.45) is 11.5 Å². The minimum atomic E-state index is -0.632. The first-order valence-corrected chi connectivity index (χ1v) is 7.20. The van der Waals surface area contributed by atoms with Crippen LogP contribution in [0.1, 0.15) is 52.6 Å². The minimum Gasteiger partial charge on any atom is -0.369 e. The topological polar surface area (TPSA) is 119 Å². The Morgan fingerprint density at radius 2 is 1.91 bits per heavy atom. The van der Waals surface area contributed by atoms with Gasteiger partial charge in [-0.3, -0.25) is 14.4 Å². The number of aromatic amines is 1. The lowest BCUT2D eigenvalue weighted by atomic mass is 10.0. The Morgan fingerprint density at radius 3 is 2.50 bits per heavy atom. The molecule has 6 heteroatoms. The number of benzene rings is 1. The second-order valence-corrected chi connectivity index (χ2v) is 5.27. The number of primary amides is 2. The van der Waals surface area contributed by atoms with Gasteiger partial charge in [0.1, 0.15) is 0 Å². The fourth-order valence-corrected chi connectivity index (χ4v) is 2.50. The largest absolute Gasteiger partial charge is 0.369 e. The molecule has 0 spiro atoms. The summed E-state index contributed by atoms with van der Waals surface area (Å²) in [6.45, 7) is 2.02. The maximum absolute atomic E-state index is 12.1. The predicted octanol–water partition coefficient (Wildman–Crippen LogP) is 1.67. The van der Waals surface area contributed by atoms with Crippen molar-refractivity contribution in [3.05, 3.63) is 35.0 Å². The van der Waals surface area contributed by atoms with Crippen LogP contribution in [0.25, 0.3) is 10.9 Å². The lowest BCUT2D eigenvalue weighted by Crippen LogP contribution is -2.18. The number of hydrogen-bond donors (Lipinski definition) is 3. The number of rotatable bonds is 7. The Morgan fingerprint density at radius 1 is 1.18 bits per heavy atom. The van der Waals surface area contributed by atoms with Crippen molar-refractivity contribution in [1.29, 1.82) is 0 Å². The Balaban J connectivity index is 2.47. The summed E-state index contributed by atoms with van der Waals surface area (Å²) < 4.78 is 0. The van der Waals surface area contributed by atoms with Gasteiger partial charge < -0.3 is 16.5 Å². The number of aromatic nitrogens is 1. The molecule has 1 aromatic carbocycles. The van der Waals surface area contributed by atoms with E-state index in [2.05, 4.69) is 4.98 Å². The van der Waals surface area contributed by atoms with Gasteiger partial charge in [0.2, 0.25) is 5.91 Å². The predicted molar refractivity (Wildman–Crippen MR) is 83.6 cm³/mol. The summed E-state index contributed by atoms with van der Waals surface area (Å²) in [6.07, 6.45) is 2.16. The standard InChI is InChI=1S/C16H19N3O3/c1-2-3-4-13(20)9-5-6-10-11(7-9)19-12(8-14(17)21)15(10)16(18)22/h5-7,19H,2-4,8H2,1H3,(H2,17,21)(H2,18,22). The van der Waals surface area contributed by atoms with Gasteiger partial charge in [0.15, 0.2) is 5.78 Å². The van der Waals surface area contributed by atoms with E-state index in [-0.39, 0.29) is 17.8 Å². The molecule has 116 valence electrons. The average molecular weight is 301 g/mol. The van der Waals surface area contributed by atoms with Crippen LogP contribution in [-0.4, -0.2) is 22.6 Å². The summed E-state index contributed by atoms with van der Waals surface area (Å²) in [5, 5.41) is 0.593. The molecular formula is C16H19N3O3. The maximum Gasteiger partial charge on any atom is 0.251 e. The molecule has 22 heavy (non-hydrogen) atoms. The van der Waals surface area contributed by atoms with Crippen molar-refractivity contribution in [2.75, 3.05) is 0 Å². The highest BCUT2D eigenvalue weighted by molar-refractivity contribution is 6.09. The third-order valence-electron chi connectivity index (χ3n) is 3.55. The summed E-state index contributed by atoms with van der Waals surface area (Å²) in [5.74, 6) is -1.14. The van der Waals surface area contributed by atoms with Crippen LogP contribution in [0.15, 0.2) is 18.2 Å². The summed E-state index contributed by atoms with van der Waals surface area (Å²) in [6, 6.07) is 5.04. The van der Waals surface area contributed by atoms with Crippen LogP contribution in [0, 0.1) is 0 Å². The number of hydrogen-bond acceptors (Lipinski definition) is 3. The second-order valence-electron chi connectivity index (χ2n) is 5.27. The Labute approximate surface area is 127 Å². The number of carbonyl (C=O) groups is 3. The monoisotopic (exact) mass is 301 g/mol. The van der Waals surface area contributed by atoms with Crippen LogP contribution in [0.5, 0.6) is 0 Å². The third-order valence-corrected chi connectivity index (χ3v) is 3.55. The molecule has 1 aromatic heterocycles. The van der Waals surface area contributed by atoms with Gasteiger partial charge in [-0.1, -0.05) is 25.5 Å². The highest BCUT2D eigenvalue weighted by Crippen LogP contribution is 2.24. The third kappa shape index (κ3) is 3.16. The van der Waals surface area contributed by atoms with Gasteiger partial charge in [-0.05, 0) is 12.5 Å². The van der Waals surface area contributed by atoms with E-state index < -0.39 is 11.8 Å². The van der Waals surface area contributed by atoms with Gasteiger partial charge in [-0.25, -0.2) is 0 Å². The zero-order valence-corrected chi connectivity index (χ0v) is 12.4. The number of nitrogens with two attached hydrogens (primary N) is 2. The van der Waals surface area contributed by atoms with Crippen LogP contribution in [-0.2, 0) is 11.2 Å². The minimum absolute atomic E-state index is 0.0513. The number of Topliss-reactive ketones (excluding diaryl/α,β-unsaturated/α-hetero) is 1. The zero-order valence-electron chi connectivity index (χ0n) is 12.4. The number of fused-ring (bicyclic) bond motifs is 1. The van der Waals surface area contributed by atoms with Crippen molar-refractivity contribution in [3.63, 3.8) is 0 Å². The molecule has 0 radical (unpaired) electrons. The maximum atomic E-state index is 12.1. The van der Waals surface area contributed by atoms with Gasteiger partial charge in [0, 0.05) is 28.6 Å². The number of amides is 2. The van der Waals surface area contributed by atoms with E-state index in [1.807, 2.05) is 6.92 Å². The molecule has 2 amide bonds. The van der Waals surface area contributed by atoms with E-state index in [4.69, 9.17) is 11.5 Å². The van der Waals surface area contributed by atoms with Crippen molar-refractivity contribution < 1.29 is 14.4 Å². The Bertz CT molecular complexity index is 746.